The number of carbonyl (C=O) groups excluding carboxylic acids is 1. The van der Waals surface area contributed by atoms with Gasteiger partial charge in [-0.15, -0.1) is 0 Å². The number of nitrogens with two attached hydrogens (primary N) is 1. The minimum Gasteiger partial charge on any atom is -0.369 e. The Balaban J connectivity index is 2.22. The molecule has 1 aliphatic rings. The van der Waals surface area contributed by atoms with Crippen molar-refractivity contribution in [1.29, 1.82) is 0 Å². The van der Waals surface area contributed by atoms with Crippen LogP contribution in [0.2, 0.25) is 0 Å². The number of carbonyl (C=O) groups is 1. The Morgan fingerprint density at radius 1 is 1.43 bits per heavy atom. The van der Waals surface area contributed by atoms with E-state index in [1.807, 2.05) is 12.1 Å². The molecular weight excluding hydrogens is 178 g/mol. The lowest BCUT2D eigenvalue weighted by Gasteiger charge is -2.14. The van der Waals surface area contributed by atoms with Gasteiger partial charge in [-0.2, -0.15) is 0 Å². The second kappa shape index (κ2) is 3.75. The van der Waals surface area contributed by atoms with E-state index in [0.717, 1.165) is 12.1 Å². The van der Waals surface area contributed by atoms with Crippen LogP contribution in [-0.4, -0.2) is 24.0 Å². The van der Waals surface area contributed by atoms with Gasteiger partial charge >= 0.3 is 0 Å². The lowest BCUT2D eigenvalue weighted by atomic mass is 9.89. The van der Waals surface area contributed by atoms with Gasteiger partial charge in [-0.05, 0) is 17.7 Å². The number of hydrogen-bond donors (Lipinski definition) is 2. The third kappa shape index (κ3) is 1.61. The van der Waals surface area contributed by atoms with Crippen LogP contribution < -0.4 is 11.1 Å². The Morgan fingerprint density at radius 2 is 2.14 bits per heavy atom. The number of aromatic nitrogens is 1. The van der Waals surface area contributed by atoms with Crippen LogP contribution in [0.3, 0.4) is 0 Å². The topological polar surface area (TPSA) is 68.0 Å². The maximum atomic E-state index is 11.2. The first kappa shape index (κ1) is 9.15. The summed E-state index contributed by atoms with van der Waals surface area (Å²) in [5, 5.41) is 3.18. The van der Waals surface area contributed by atoms with Crippen molar-refractivity contribution in [2.24, 2.45) is 11.7 Å². The summed E-state index contributed by atoms with van der Waals surface area (Å²) in [6.45, 7) is 1.50. The molecule has 0 aromatic carbocycles. The summed E-state index contributed by atoms with van der Waals surface area (Å²) >= 11 is 0. The average molecular weight is 191 g/mol. The largest absolute Gasteiger partial charge is 0.369 e. The molecule has 1 amide bonds. The van der Waals surface area contributed by atoms with E-state index >= 15 is 0 Å². The predicted molar refractivity (Wildman–Crippen MR) is 52.5 cm³/mol. The molecule has 2 unspecified atom stereocenters. The van der Waals surface area contributed by atoms with E-state index in [1.54, 1.807) is 12.4 Å². The van der Waals surface area contributed by atoms with Crippen LogP contribution >= 0.6 is 0 Å². The van der Waals surface area contributed by atoms with Gasteiger partial charge in [0.2, 0.25) is 5.91 Å². The molecule has 1 aliphatic heterocycles. The molecule has 1 fully saturated rings. The first-order chi connectivity index (χ1) is 6.79. The zero-order valence-corrected chi connectivity index (χ0v) is 7.81. The fraction of sp³-hybridized carbons (Fsp3) is 0.400. The van der Waals surface area contributed by atoms with Crippen molar-refractivity contribution in [3.8, 4) is 0 Å². The molecule has 14 heavy (non-hydrogen) atoms. The third-order valence-corrected chi connectivity index (χ3v) is 2.71. The van der Waals surface area contributed by atoms with Crippen molar-refractivity contribution in [2.45, 2.75) is 5.92 Å². The maximum Gasteiger partial charge on any atom is 0.222 e. The van der Waals surface area contributed by atoms with Crippen molar-refractivity contribution in [2.75, 3.05) is 13.1 Å². The van der Waals surface area contributed by atoms with E-state index in [0.29, 0.717) is 6.54 Å². The molecule has 3 N–H and O–H groups in total. The molecule has 0 radical (unpaired) electrons. The second-order valence-electron chi connectivity index (χ2n) is 3.55. The summed E-state index contributed by atoms with van der Waals surface area (Å²) in [6, 6.07) is 3.88. The quantitative estimate of drug-likeness (QED) is 0.684. The third-order valence-electron chi connectivity index (χ3n) is 2.71. The number of pyridine rings is 1. The fourth-order valence-electron chi connectivity index (χ4n) is 1.94. The fourth-order valence-corrected chi connectivity index (χ4v) is 1.94. The second-order valence-corrected chi connectivity index (χ2v) is 3.55. The van der Waals surface area contributed by atoms with Crippen molar-refractivity contribution >= 4 is 5.91 Å². The Bertz CT molecular complexity index is 325. The molecule has 2 heterocycles. The molecule has 1 aromatic rings. The highest BCUT2D eigenvalue weighted by Crippen LogP contribution is 2.27. The Morgan fingerprint density at radius 3 is 2.79 bits per heavy atom. The highest BCUT2D eigenvalue weighted by Gasteiger charge is 2.32. The summed E-state index contributed by atoms with van der Waals surface area (Å²) in [4.78, 5) is 15.1. The first-order valence-corrected chi connectivity index (χ1v) is 4.69. The Hall–Kier alpha value is -1.42. The lowest BCUT2D eigenvalue weighted by Crippen LogP contribution is -2.28. The molecule has 0 aliphatic carbocycles. The molecular formula is C10H13N3O. The van der Waals surface area contributed by atoms with E-state index in [-0.39, 0.29) is 17.7 Å². The van der Waals surface area contributed by atoms with Gasteiger partial charge in [0.15, 0.2) is 0 Å². The van der Waals surface area contributed by atoms with Crippen LogP contribution in [0.5, 0.6) is 0 Å². The molecule has 2 atom stereocenters. The number of nitrogens with one attached hydrogen (secondary N) is 1. The summed E-state index contributed by atoms with van der Waals surface area (Å²) in [5.41, 5.74) is 6.46. The molecule has 4 nitrogen and oxygen atoms in total. The zero-order chi connectivity index (χ0) is 9.97. The minimum atomic E-state index is -0.225. The highest BCUT2D eigenvalue weighted by atomic mass is 16.1. The maximum absolute atomic E-state index is 11.2. The molecule has 74 valence electrons. The normalized spacial score (nSPS) is 26.3. The van der Waals surface area contributed by atoms with Crippen molar-refractivity contribution in [1.82, 2.24) is 10.3 Å². The van der Waals surface area contributed by atoms with Gasteiger partial charge in [0.1, 0.15) is 0 Å². The standard InChI is InChI=1S/C10H13N3O/c11-10(14)9-6-13-5-8(9)7-1-3-12-4-2-7/h1-4,8-9,13H,5-6H2,(H2,11,14). The minimum absolute atomic E-state index is 0.0857. The van der Waals surface area contributed by atoms with Crippen molar-refractivity contribution in [3.05, 3.63) is 30.1 Å². The smallest absolute Gasteiger partial charge is 0.222 e. The summed E-state index contributed by atoms with van der Waals surface area (Å²) in [7, 11) is 0. The zero-order valence-electron chi connectivity index (χ0n) is 7.81. The van der Waals surface area contributed by atoms with Gasteiger partial charge < -0.3 is 11.1 Å². The van der Waals surface area contributed by atoms with E-state index in [2.05, 4.69) is 10.3 Å². The monoisotopic (exact) mass is 191 g/mol. The molecule has 4 heteroatoms. The molecule has 0 spiro atoms. The van der Waals surface area contributed by atoms with Crippen LogP contribution in [0.25, 0.3) is 0 Å². The predicted octanol–water partition coefficient (Wildman–Crippen LogP) is -0.130. The van der Waals surface area contributed by atoms with Gasteiger partial charge in [-0.3, -0.25) is 9.78 Å². The van der Waals surface area contributed by atoms with Crippen LogP contribution in [-0.2, 0) is 4.79 Å². The SMILES string of the molecule is NC(=O)C1CNCC1c1ccncc1. The van der Waals surface area contributed by atoms with Gasteiger partial charge in [0, 0.05) is 31.4 Å². The lowest BCUT2D eigenvalue weighted by molar-refractivity contribution is -0.121. The summed E-state index contributed by atoms with van der Waals surface area (Å²) < 4.78 is 0. The number of hydrogen-bond acceptors (Lipinski definition) is 3. The number of primary amides is 1. The van der Waals surface area contributed by atoms with E-state index < -0.39 is 0 Å². The van der Waals surface area contributed by atoms with Crippen molar-refractivity contribution < 1.29 is 4.79 Å². The number of nitrogens with zero attached hydrogens (tertiary/aromatic N) is 1. The number of amides is 1. The molecule has 2 rings (SSSR count). The summed E-state index contributed by atoms with van der Waals surface area (Å²) in [5.74, 6) is -0.107. The van der Waals surface area contributed by atoms with Gasteiger partial charge in [-0.25, -0.2) is 0 Å². The van der Waals surface area contributed by atoms with Crippen molar-refractivity contribution in [3.63, 3.8) is 0 Å². The molecule has 1 saturated heterocycles. The summed E-state index contributed by atoms with van der Waals surface area (Å²) in [6.07, 6.45) is 3.48. The molecule has 0 bridgehead atoms. The van der Waals surface area contributed by atoms with E-state index in [9.17, 15) is 4.79 Å². The van der Waals surface area contributed by atoms with Gasteiger partial charge in [0.05, 0.1) is 5.92 Å². The Labute approximate surface area is 82.5 Å². The van der Waals surface area contributed by atoms with E-state index in [4.69, 9.17) is 5.73 Å². The van der Waals surface area contributed by atoms with Crippen LogP contribution in [0, 0.1) is 5.92 Å². The highest BCUT2D eigenvalue weighted by molar-refractivity contribution is 5.78. The molecule has 1 aromatic heterocycles. The van der Waals surface area contributed by atoms with Gasteiger partial charge in [-0.1, -0.05) is 0 Å². The van der Waals surface area contributed by atoms with Gasteiger partial charge in [0.25, 0.3) is 0 Å². The average Bonchev–Trinajstić information content (AvgIpc) is 2.67. The van der Waals surface area contributed by atoms with Crippen LogP contribution in [0.4, 0.5) is 0 Å². The van der Waals surface area contributed by atoms with Crippen LogP contribution in [0.1, 0.15) is 11.5 Å². The van der Waals surface area contributed by atoms with Crippen LogP contribution in [0.15, 0.2) is 24.5 Å². The first-order valence-electron chi connectivity index (χ1n) is 4.69. The number of rotatable bonds is 2. The Kier molecular flexibility index (Phi) is 2.45. The van der Waals surface area contributed by atoms with E-state index in [1.165, 1.54) is 0 Å². The molecule has 0 saturated carbocycles.